The fraction of sp³-hybridized carbons (Fsp3) is 0.524. The molecule has 3 rings (SSSR count). The number of nitrogens with one attached hydrogen (secondary N) is 1. The minimum absolute atomic E-state index is 0.117. The predicted octanol–water partition coefficient (Wildman–Crippen LogP) is 3.30. The molecular formula is C21H29N3O3. The van der Waals surface area contributed by atoms with Crippen molar-refractivity contribution >= 4 is 5.91 Å². The van der Waals surface area contributed by atoms with E-state index in [2.05, 4.69) is 60.2 Å². The SMILES string of the molecule is Cc1cccc(CN(Cc2nc(C(=O)NCC3CCCO3)co2)C(C)C)c1. The number of ether oxygens (including phenoxy) is 1. The third kappa shape index (κ3) is 5.65. The Morgan fingerprint density at radius 1 is 1.37 bits per heavy atom. The van der Waals surface area contributed by atoms with Crippen LogP contribution in [0.1, 0.15) is 54.2 Å². The highest BCUT2D eigenvalue weighted by molar-refractivity contribution is 5.91. The third-order valence-corrected chi connectivity index (χ3v) is 4.84. The van der Waals surface area contributed by atoms with Crippen LogP contribution < -0.4 is 5.32 Å². The zero-order chi connectivity index (χ0) is 19.2. The second-order valence-corrected chi connectivity index (χ2v) is 7.46. The lowest BCUT2D eigenvalue weighted by Crippen LogP contribution is -2.32. The van der Waals surface area contributed by atoms with Crippen LogP contribution in [0.25, 0.3) is 0 Å². The van der Waals surface area contributed by atoms with Crippen molar-refractivity contribution in [1.29, 1.82) is 0 Å². The smallest absolute Gasteiger partial charge is 0.273 e. The molecule has 0 bridgehead atoms. The van der Waals surface area contributed by atoms with Crippen molar-refractivity contribution < 1.29 is 13.9 Å². The molecule has 1 aromatic heterocycles. The van der Waals surface area contributed by atoms with Gasteiger partial charge in [-0.05, 0) is 39.2 Å². The number of carbonyl (C=O) groups excluding carboxylic acids is 1. The van der Waals surface area contributed by atoms with Crippen LogP contribution in [0.3, 0.4) is 0 Å². The van der Waals surface area contributed by atoms with Crippen LogP contribution in [0.15, 0.2) is 34.9 Å². The number of hydrogen-bond acceptors (Lipinski definition) is 5. The van der Waals surface area contributed by atoms with Gasteiger partial charge < -0.3 is 14.5 Å². The van der Waals surface area contributed by atoms with Crippen molar-refractivity contribution in [2.45, 2.75) is 58.8 Å². The first-order valence-corrected chi connectivity index (χ1v) is 9.65. The molecule has 1 aromatic carbocycles. The lowest BCUT2D eigenvalue weighted by atomic mass is 10.1. The second-order valence-electron chi connectivity index (χ2n) is 7.46. The van der Waals surface area contributed by atoms with Gasteiger partial charge in [0.1, 0.15) is 6.26 Å². The molecule has 1 N–H and O–H groups in total. The fourth-order valence-electron chi connectivity index (χ4n) is 3.23. The van der Waals surface area contributed by atoms with Gasteiger partial charge in [-0.2, -0.15) is 0 Å². The summed E-state index contributed by atoms with van der Waals surface area (Å²) in [5, 5.41) is 2.88. The number of benzene rings is 1. The van der Waals surface area contributed by atoms with E-state index < -0.39 is 0 Å². The first-order valence-electron chi connectivity index (χ1n) is 9.65. The number of nitrogens with zero attached hydrogens (tertiary/aromatic N) is 2. The van der Waals surface area contributed by atoms with E-state index in [1.165, 1.54) is 17.4 Å². The highest BCUT2D eigenvalue weighted by Gasteiger charge is 2.20. The minimum atomic E-state index is -0.213. The molecular weight excluding hydrogens is 342 g/mol. The highest BCUT2D eigenvalue weighted by Crippen LogP contribution is 2.15. The maximum atomic E-state index is 12.3. The summed E-state index contributed by atoms with van der Waals surface area (Å²) >= 11 is 0. The molecule has 1 fully saturated rings. The number of carbonyl (C=O) groups is 1. The lowest BCUT2D eigenvalue weighted by molar-refractivity contribution is 0.0853. The zero-order valence-corrected chi connectivity index (χ0v) is 16.4. The summed E-state index contributed by atoms with van der Waals surface area (Å²) in [6.45, 7) is 9.06. The number of aromatic nitrogens is 1. The van der Waals surface area contributed by atoms with Gasteiger partial charge in [0.15, 0.2) is 5.69 Å². The fourth-order valence-corrected chi connectivity index (χ4v) is 3.23. The Bertz CT molecular complexity index is 751. The van der Waals surface area contributed by atoms with Gasteiger partial charge in [-0.1, -0.05) is 29.8 Å². The number of hydrogen-bond donors (Lipinski definition) is 1. The van der Waals surface area contributed by atoms with E-state index in [4.69, 9.17) is 9.15 Å². The molecule has 1 saturated heterocycles. The normalized spacial score (nSPS) is 17.0. The molecule has 6 heteroatoms. The Hall–Kier alpha value is -2.18. The lowest BCUT2D eigenvalue weighted by Gasteiger charge is -2.25. The molecule has 0 spiro atoms. The number of rotatable bonds is 8. The third-order valence-electron chi connectivity index (χ3n) is 4.84. The van der Waals surface area contributed by atoms with Crippen molar-refractivity contribution in [3.8, 4) is 0 Å². The van der Waals surface area contributed by atoms with Crippen LogP contribution in [-0.2, 0) is 17.8 Å². The average molecular weight is 371 g/mol. The number of amides is 1. The van der Waals surface area contributed by atoms with Crippen molar-refractivity contribution in [3.63, 3.8) is 0 Å². The van der Waals surface area contributed by atoms with E-state index in [-0.39, 0.29) is 12.0 Å². The van der Waals surface area contributed by atoms with Crippen LogP contribution in [0, 0.1) is 6.92 Å². The summed E-state index contributed by atoms with van der Waals surface area (Å²) in [7, 11) is 0. The molecule has 1 aliphatic rings. The number of aryl methyl sites for hydroxylation is 1. The van der Waals surface area contributed by atoms with Crippen LogP contribution >= 0.6 is 0 Å². The molecule has 2 aromatic rings. The average Bonchev–Trinajstić information content (AvgIpc) is 3.31. The Balaban J connectivity index is 1.57. The van der Waals surface area contributed by atoms with E-state index >= 15 is 0 Å². The van der Waals surface area contributed by atoms with Crippen LogP contribution in [0.2, 0.25) is 0 Å². The maximum absolute atomic E-state index is 12.3. The molecule has 1 unspecified atom stereocenters. The Labute approximate surface area is 160 Å². The Morgan fingerprint density at radius 2 is 2.22 bits per heavy atom. The summed E-state index contributed by atoms with van der Waals surface area (Å²) in [6.07, 6.45) is 3.60. The van der Waals surface area contributed by atoms with Gasteiger partial charge in [-0.25, -0.2) is 4.98 Å². The molecule has 6 nitrogen and oxygen atoms in total. The standard InChI is InChI=1S/C21H29N3O3/c1-15(2)24(12-17-7-4-6-16(3)10-17)13-20-23-19(14-27-20)21(25)22-11-18-8-5-9-26-18/h4,6-7,10,14-15,18H,5,8-9,11-13H2,1-3H3,(H,22,25). The van der Waals surface area contributed by atoms with Crippen LogP contribution in [-0.4, -0.2) is 41.1 Å². The van der Waals surface area contributed by atoms with E-state index in [9.17, 15) is 4.79 Å². The van der Waals surface area contributed by atoms with E-state index in [1.807, 2.05) is 0 Å². The van der Waals surface area contributed by atoms with Gasteiger partial charge in [0.2, 0.25) is 5.89 Å². The molecule has 2 heterocycles. The van der Waals surface area contributed by atoms with Gasteiger partial charge in [0, 0.05) is 25.7 Å². The summed E-state index contributed by atoms with van der Waals surface area (Å²) < 4.78 is 11.1. The molecule has 146 valence electrons. The van der Waals surface area contributed by atoms with E-state index in [0.29, 0.717) is 30.7 Å². The van der Waals surface area contributed by atoms with Crippen molar-refractivity contribution in [3.05, 3.63) is 53.2 Å². The maximum Gasteiger partial charge on any atom is 0.273 e. The van der Waals surface area contributed by atoms with Crippen molar-refractivity contribution in [2.75, 3.05) is 13.2 Å². The van der Waals surface area contributed by atoms with E-state index in [0.717, 1.165) is 26.0 Å². The van der Waals surface area contributed by atoms with Crippen LogP contribution in [0.5, 0.6) is 0 Å². The van der Waals surface area contributed by atoms with Crippen molar-refractivity contribution in [1.82, 2.24) is 15.2 Å². The van der Waals surface area contributed by atoms with E-state index in [1.54, 1.807) is 0 Å². The largest absolute Gasteiger partial charge is 0.447 e. The summed E-state index contributed by atoms with van der Waals surface area (Å²) in [5.74, 6) is 0.342. The quantitative estimate of drug-likeness (QED) is 0.771. The van der Waals surface area contributed by atoms with Gasteiger partial charge >= 0.3 is 0 Å². The Kier molecular flexibility index (Phi) is 6.63. The zero-order valence-electron chi connectivity index (χ0n) is 16.4. The molecule has 1 atom stereocenters. The molecule has 0 saturated carbocycles. The summed E-state index contributed by atoms with van der Waals surface area (Å²) in [6, 6.07) is 8.81. The van der Waals surface area contributed by atoms with Crippen molar-refractivity contribution in [2.24, 2.45) is 0 Å². The number of oxazole rings is 1. The first kappa shape index (κ1) is 19.6. The monoisotopic (exact) mass is 371 g/mol. The molecule has 1 aliphatic heterocycles. The van der Waals surface area contributed by atoms with Gasteiger partial charge in [0.05, 0.1) is 12.6 Å². The van der Waals surface area contributed by atoms with Gasteiger partial charge in [-0.3, -0.25) is 9.69 Å². The topological polar surface area (TPSA) is 67.6 Å². The summed E-state index contributed by atoms with van der Waals surface area (Å²) in [5.41, 5.74) is 2.82. The predicted molar refractivity (Wildman–Crippen MR) is 103 cm³/mol. The van der Waals surface area contributed by atoms with Gasteiger partial charge in [-0.15, -0.1) is 0 Å². The highest BCUT2D eigenvalue weighted by atomic mass is 16.5. The molecule has 1 amide bonds. The first-order chi connectivity index (χ1) is 13.0. The second kappa shape index (κ2) is 9.15. The van der Waals surface area contributed by atoms with Crippen LogP contribution in [0.4, 0.5) is 0 Å². The van der Waals surface area contributed by atoms with Gasteiger partial charge in [0.25, 0.3) is 5.91 Å². The Morgan fingerprint density at radius 3 is 2.93 bits per heavy atom. The summed E-state index contributed by atoms with van der Waals surface area (Å²) in [4.78, 5) is 18.9. The molecule has 27 heavy (non-hydrogen) atoms. The minimum Gasteiger partial charge on any atom is -0.447 e. The molecule has 0 radical (unpaired) electrons. The molecule has 0 aliphatic carbocycles.